The summed E-state index contributed by atoms with van der Waals surface area (Å²) in [5, 5.41) is 10.2. The summed E-state index contributed by atoms with van der Waals surface area (Å²) in [6, 6.07) is 5.90. The van der Waals surface area contributed by atoms with Crippen molar-refractivity contribution in [2.24, 2.45) is 7.05 Å². The van der Waals surface area contributed by atoms with E-state index in [1.807, 2.05) is 42.9 Å². The Balaban J connectivity index is 2.17. The van der Waals surface area contributed by atoms with Crippen molar-refractivity contribution < 1.29 is 5.11 Å². The maximum Gasteiger partial charge on any atom is 0.111 e. The summed E-state index contributed by atoms with van der Waals surface area (Å²) in [6.45, 7) is 2.01. The molecule has 3 nitrogen and oxygen atoms in total. The van der Waals surface area contributed by atoms with E-state index in [2.05, 4.69) is 20.9 Å². The van der Waals surface area contributed by atoms with Crippen LogP contribution in [0.2, 0.25) is 0 Å². The Kier molecular flexibility index (Phi) is 3.64. The molecule has 0 amide bonds. The van der Waals surface area contributed by atoms with Gasteiger partial charge in [0.1, 0.15) is 5.82 Å². The van der Waals surface area contributed by atoms with Gasteiger partial charge in [-0.1, -0.05) is 28.1 Å². The number of halogens is 1. The van der Waals surface area contributed by atoms with Gasteiger partial charge in [-0.05, 0) is 24.1 Å². The molecule has 1 aromatic heterocycles. The van der Waals surface area contributed by atoms with Gasteiger partial charge in [0, 0.05) is 30.3 Å². The number of nitrogens with zero attached hydrogens (tertiary/aromatic N) is 2. The van der Waals surface area contributed by atoms with Crippen LogP contribution < -0.4 is 0 Å². The molecule has 0 aliphatic carbocycles. The second-order valence-electron chi connectivity index (χ2n) is 4.18. The lowest BCUT2D eigenvalue weighted by Crippen LogP contribution is -2.06. The van der Waals surface area contributed by atoms with Crippen LogP contribution in [0, 0.1) is 6.92 Å². The number of aliphatic hydroxyl groups is 1. The summed E-state index contributed by atoms with van der Waals surface area (Å²) < 4.78 is 2.99. The molecule has 0 saturated heterocycles. The molecule has 17 heavy (non-hydrogen) atoms. The molecule has 1 aromatic carbocycles. The lowest BCUT2D eigenvalue weighted by molar-refractivity contribution is 0.175. The first-order valence-corrected chi connectivity index (χ1v) is 6.27. The summed E-state index contributed by atoms with van der Waals surface area (Å²) >= 11 is 3.45. The number of aromatic nitrogens is 2. The molecular formula is C13H15BrN2O. The zero-order chi connectivity index (χ0) is 12.4. The van der Waals surface area contributed by atoms with Gasteiger partial charge in [-0.2, -0.15) is 0 Å². The minimum Gasteiger partial charge on any atom is -0.388 e. The predicted molar refractivity (Wildman–Crippen MR) is 70.8 cm³/mol. The van der Waals surface area contributed by atoms with Crippen LogP contribution in [0.25, 0.3) is 0 Å². The normalized spacial score (nSPS) is 12.7. The molecule has 1 unspecified atom stereocenters. The Morgan fingerprint density at radius 1 is 1.47 bits per heavy atom. The molecule has 0 aliphatic heterocycles. The minimum absolute atomic E-state index is 0.511. The van der Waals surface area contributed by atoms with Crippen molar-refractivity contribution in [3.8, 4) is 0 Å². The van der Waals surface area contributed by atoms with E-state index >= 15 is 0 Å². The highest BCUT2D eigenvalue weighted by atomic mass is 79.9. The van der Waals surface area contributed by atoms with Crippen LogP contribution in [-0.4, -0.2) is 14.7 Å². The third kappa shape index (κ3) is 2.76. The van der Waals surface area contributed by atoms with Crippen molar-refractivity contribution in [1.29, 1.82) is 0 Å². The molecule has 1 atom stereocenters. The van der Waals surface area contributed by atoms with Crippen molar-refractivity contribution in [2.45, 2.75) is 19.4 Å². The first kappa shape index (κ1) is 12.3. The van der Waals surface area contributed by atoms with Crippen LogP contribution in [0.4, 0.5) is 0 Å². The van der Waals surface area contributed by atoms with Crippen molar-refractivity contribution >= 4 is 15.9 Å². The van der Waals surface area contributed by atoms with Gasteiger partial charge in [0.05, 0.1) is 6.10 Å². The quantitative estimate of drug-likeness (QED) is 0.945. The van der Waals surface area contributed by atoms with Crippen molar-refractivity contribution in [3.63, 3.8) is 0 Å². The van der Waals surface area contributed by atoms with Crippen LogP contribution in [0.5, 0.6) is 0 Å². The number of aryl methyl sites for hydroxylation is 2. The second-order valence-corrected chi connectivity index (χ2v) is 5.04. The van der Waals surface area contributed by atoms with Crippen LogP contribution in [0.1, 0.15) is 23.1 Å². The van der Waals surface area contributed by atoms with E-state index in [9.17, 15) is 5.11 Å². The minimum atomic E-state index is -0.511. The number of hydrogen-bond donors (Lipinski definition) is 1. The number of aliphatic hydroxyl groups excluding tert-OH is 1. The standard InChI is InChI=1S/C13H15BrN2O/c1-9-7-10(3-4-11(9)14)12(17)8-13-15-5-6-16(13)2/h3-7,12,17H,8H2,1-2H3. The van der Waals surface area contributed by atoms with Crippen molar-refractivity contribution in [1.82, 2.24) is 9.55 Å². The number of rotatable bonds is 3. The first-order chi connectivity index (χ1) is 8.08. The van der Waals surface area contributed by atoms with Gasteiger partial charge < -0.3 is 9.67 Å². The van der Waals surface area contributed by atoms with E-state index in [0.717, 1.165) is 21.4 Å². The summed E-state index contributed by atoms with van der Waals surface area (Å²) in [5.41, 5.74) is 2.05. The van der Waals surface area contributed by atoms with Crippen molar-refractivity contribution in [3.05, 3.63) is 52.0 Å². The molecule has 4 heteroatoms. The fraction of sp³-hybridized carbons (Fsp3) is 0.308. The van der Waals surface area contributed by atoms with Gasteiger partial charge >= 0.3 is 0 Å². The third-order valence-corrected chi connectivity index (χ3v) is 3.75. The fourth-order valence-corrected chi connectivity index (χ4v) is 2.01. The maximum absolute atomic E-state index is 10.2. The molecule has 0 aliphatic rings. The highest BCUT2D eigenvalue weighted by Gasteiger charge is 2.12. The van der Waals surface area contributed by atoms with Gasteiger partial charge in [0.15, 0.2) is 0 Å². The fourth-order valence-electron chi connectivity index (χ4n) is 1.76. The van der Waals surface area contributed by atoms with Gasteiger partial charge in [-0.15, -0.1) is 0 Å². The Bertz CT molecular complexity index is 522. The molecule has 0 spiro atoms. The SMILES string of the molecule is Cc1cc(C(O)Cc2nccn2C)ccc1Br. The summed E-state index contributed by atoms with van der Waals surface area (Å²) in [6.07, 6.45) is 3.65. The van der Waals surface area contributed by atoms with Gasteiger partial charge in [-0.3, -0.25) is 0 Å². The smallest absolute Gasteiger partial charge is 0.111 e. The first-order valence-electron chi connectivity index (χ1n) is 5.48. The number of imidazole rings is 1. The molecule has 0 radical (unpaired) electrons. The average molecular weight is 295 g/mol. The molecule has 1 heterocycles. The van der Waals surface area contributed by atoms with Gasteiger partial charge in [0.25, 0.3) is 0 Å². The molecule has 0 bridgehead atoms. The second kappa shape index (κ2) is 5.02. The highest BCUT2D eigenvalue weighted by molar-refractivity contribution is 9.10. The summed E-state index contributed by atoms with van der Waals surface area (Å²) in [4.78, 5) is 4.21. The predicted octanol–water partition coefficient (Wildman–Crippen LogP) is 2.77. The van der Waals surface area contributed by atoms with Crippen LogP contribution in [-0.2, 0) is 13.5 Å². The average Bonchev–Trinajstić information content (AvgIpc) is 2.68. The molecule has 0 saturated carbocycles. The van der Waals surface area contributed by atoms with E-state index in [0.29, 0.717) is 6.42 Å². The molecule has 0 fully saturated rings. The zero-order valence-corrected chi connectivity index (χ0v) is 11.5. The lowest BCUT2D eigenvalue weighted by atomic mass is 10.0. The zero-order valence-electron chi connectivity index (χ0n) is 9.89. The summed E-state index contributed by atoms with van der Waals surface area (Å²) in [7, 11) is 1.93. The molecule has 1 N–H and O–H groups in total. The Labute approximate surface area is 109 Å². The molecular weight excluding hydrogens is 280 g/mol. The van der Waals surface area contributed by atoms with Crippen LogP contribution >= 0.6 is 15.9 Å². The van der Waals surface area contributed by atoms with Crippen LogP contribution in [0.3, 0.4) is 0 Å². The molecule has 2 rings (SSSR count). The molecule has 2 aromatic rings. The maximum atomic E-state index is 10.2. The number of hydrogen-bond acceptors (Lipinski definition) is 2. The monoisotopic (exact) mass is 294 g/mol. The van der Waals surface area contributed by atoms with Crippen molar-refractivity contribution in [2.75, 3.05) is 0 Å². The number of benzene rings is 1. The Morgan fingerprint density at radius 3 is 2.82 bits per heavy atom. The van der Waals surface area contributed by atoms with E-state index in [-0.39, 0.29) is 0 Å². The van der Waals surface area contributed by atoms with Gasteiger partial charge in [0.2, 0.25) is 0 Å². The molecule has 90 valence electrons. The van der Waals surface area contributed by atoms with E-state index in [4.69, 9.17) is 0 Å². The topological polar surface area (TPSA) is 38.1 Å². The van der Waals surface area contributed by atoms with Crippen LogP contribution in [0.15, 0.2) is 35.1 Å². The highest BCUT2D eigenvalue weighted by Crippen LogP contribution is 2.23. The Morgan fingerprint density at radius 2 is 2.24 bits per heavy atom. The van der Waals surface area contributed by atoms with E-state index in [1.165, 1.54) is 0 Å². The van der Waals surface area contributed by atoms with E-state index in [1.54, 1.807) is 6.20 Å². The Hall–Kier alpha value is -1.13. The largest absolute Gasteiger partial charge is 0.388 e. The van der Waals surface area contributed by atoms with E-state index < -0.39 is 6.10 Å². The third-order valence-electron chi connectivity index (χ3n) is 2.86. The summed E-state index contributed by atoms with van der Waals surface area (Å²) in [5.74, 6) is 0.887. The lowest BCUT2D eigenvalue weighted by Gasteiger charge is -2.12. The van der Waals surface area contributed by atoms with Gasteiger partial charge in [-0.25, -0.2) is 4.98 Å².